The first kappa shape index (κ1) is 13.1. The van der Waals surface area contributed by atoms with Crippen molar-refractivity contribution >= 4 is 21.9 Å². The number of aliphatic carboxylic acids is 1. The van der Waals surface area contributed by atoms with Crippen LogP contribution in [0.3, 0.4) is 0 Å². The van der Waals surface area contributed by atoms with E-state index in [0.717, 1.165) is 6.07 Å². The van der Waals surface area contributed by atoms with Crippen LogP contribution in [-0.2, 0) is 10.2 Å². The monoisotopic (exact) mass is 318 g/mol. The summed E-state index contributed by atoms with van der Waals surface area (Å²) >= 11 is 2.97. The predicted octanol–water partition coefficient (Wildman–Crippen LogP) is 2.81. The lowest BCUT2D eigenvalue weighted by Crippen LogP contribution is -2.43. The molecule has 1 fully saturated rings. The van der Waals surface area contributed by atoms with Gasteiger partial charge >= 0.3 is 5.97 Å². The quantitative estimate of drug-likeness (QED) is 0.899. The minimum atomic E-state index is -1.29. The van der Waals surface area contributed by atoms with E-state index >= 15 is 0 Å². The normalized spacial score (nSPS) is 17.1. The minimum Gasteiger partial charge on any atom is -0.504 e. The Morgan fingerprint density at radius 3 is 2.56 bits per heavy atom. The zero-order chi connectivity index (χ0) is 13.5. The largest absolute Gasteiger partial charge is 0.504 e. The zero-order valence-corrected chi connectivity index (χ0v) is 11.3. The molecule has 98 valence electrons. The number of carbonyl (C=O) groups is 1. The zero-order valence-electron chi connectivity index (χ0n) is 9.67. The summed E-state index contributed by atoms with van der Waals surface area (Å²) in [5, 5.41) is 19.1. The molecule has 1 aromatic rings. The van der Waals surface area contributed by atoms with E-state index in [1.807, 2.05) is 0 Å². The van der Waals surface area contributed by atoms with Gasteiger partial charge in [0.15, 0.2) is 11.5 Å². The van der Waals surface area contributed by atoms with Gasteiger partial charge in [-0.3, -0.25) is 4.79 Å². The van der Waals surface area contributed by atoms with E-state index in [-0.39, 0.29) is 21.5 Å². The van der Waals surface area contributed by atoms with Crippen molar-refractivity contribution in [3.63, 3.8) is 0 Å². The first-order valence-corrected chi connectivity index (χ1v) is 6.22. The molecule has 0 radical (unpaired) electrons. The van der Waals surface area contributed by atoms with Crippen molar-refractivity contribution < 1.29 is 24.1 Å². The molecule has 18 heavy (non-hydrogen) atoms. The van der Waals surface area contributed by atoms with Crippen LogP contribution < -0.4 is 4.74 Å². The van der Waals surface area contributed by atoms with E-state index in [4.69, 9.17) is 4.74 Å². The molecule has 0 atom stereocenters. The second-order valence-corrected chi connectivity index (χ2v) is 5.19. The Morgan fingerprint density at radius 2 is 2.17 bits per heavy atom. The first-order valence-electron chi connectivity index (χ1n) is 5.43. The van der Waals surface area contributed by atoms with E-state index in [1.54, 1.807) is 0 Å². The third-order valence-electron chi connectivity index (χ3n) is 3.45. The Balaban J connectivity index is 2.72. The van der Waals surface area contributed by atoms with E-state index in [1.165, 1.54) is 7.11 Å². The SMILES string of the molecule is COc1c(O)cc(Br)c(F)c1C1(C(=O)O)CCC1. The molecule has 1 aliphatic carbocycles. The lowest BCUT2D eigenvalue weighted by atomic mass is 9.64. The molecule has 6 heteroatoms. The predicted molar refractivity (Wildman–Crippen MR) is 65.5 cm³/mol. The summed E-state index contributed by atoms with van der Waals surface area (Å²) in [6.07, 6.45) is 1.39. The van der Waals surface area contributed by atoms with E-state index in [2.05, 4.69) is 15.9 Å². The van der Waals surface area contributed by atoms with Crippen molar-refractivity contribution in [2.45, 2.75) is 24.7 Å². The van der Waals surface area contributed by atoms with Gasteiger partial charge in [0, 0.05) is 6.07 Å². The van der Waals surface area contributed by atoms with Gasteiger partial charge in [0.05, 0.1) is 22.6 Å². The molecule has 0 aromatic heterocycles. The van der Waals surface area contributed by atoms with Gasteiger partial charge in [-0.1, -0.05) is 6.42 Å². The number of benzene rings is 1. The van der Waals surface area contributed by atoms with Crippen LogP contribution >= 0.6 is 15.9 Å². The Labute approximate surface area is 112 Å². The van der Waals surface area contributed by atoms with Gasteiger partial charge in [-0.2, -0.15) is 0 Å². The number of carboxylic acids is 1. The highest BCUT2D eigenvalue weighted by atomic mass is 79.9. The lowest BCUT2D eigenvalue weighted by molar-refractivity contribution is -0.147. The molecule has 4 nitrogen and oxygen atoms in total. The van der Waals surface area contributed by atoms with Crippen molar-refractivity contribution in [3.05, 3.63) is 21.9 Å². The molecule has 2 N–H and O–H groups in total. The van der Waals surface area contributed by atoms with E-state index in [9.17, 15) is 19.4 Å². The molecular weight excluding hydrogens is 307 g/mol. The van der Waals surface area contributed by atoms with Crippen LogP contribution in [0.15, 0.2) is 10.5 Å². The number of phenolic OH excluding ortho intramolecular Hbond substituents is 1. The maximum absolute atomic E-state index is 14.2. The average Bonchev–Trinajstić information content (AvgIpc) is 2.23. The minimum absolute atomic E-state index is 0.0309. The number of halogens is 2. The summed E-state index contributed by atoms with van der Waals surface area (Å²) in [6, 6.07) is 1.16. The van der Waals surface area contributed by atoms with Crippen molar-refractivity contribution in [3.8, 4) is 11.5 Å². The van der Waals surface area contributed by atoms with Crippen LogP contribution in [0.2, 0.25) is 0 Å². The summed E-state index contributed by atoms with van der Waals surface area (Å²) in [4.78, 5) is 11.4. The number of ether oxygens (including phenoxy) is 1. The molecule has 0 amide bonds. The van der Waals surface area contributed by atoms with Crippen molar-refractivity contribution in [2.24, 2.45) is 0 Å². The molecule has 0 aliphatic heterocycles. The maximum atomic E-state index is 14.2. The second-order valence-electron chi connectivity index (χ2n) is 4.34. The third kappa shape index (κ3) is 1.67. The fourth-order valence-corrected chi connectivity index (χ4v) is 2.75. The van der Waals surface area contributed by atoms with Crippen LogP contribution in [0.1, 0.15) is 24.8 Å². The van der Waals surface area contributed by atoms with Gasteiger partial charge < -0.3 is 14.9 Å². The highest BCUT2D eigenvalue weighted by Crippen LogP contribution is 2.52. The number of hydrogen-bond acceptors (Lipinski definition) is 3. The van der Waals surface area contributed by atoms with E-state index in [0.29, 0.717) is 19.3 Å². The molecule has 0 spiro atoms. The number of hydrogen-bond donors (Lipinski definition) is 2. The summed E-state index contributed by atoms with van der Waals surface area (Å²) in [6.45, 7) is 0. The highest BCUT2D eigenvalue weighted by molar-refractivity contribution is 9.10. The van der Waals surface area contributed by atoms with Crippen LogP contribution in [0.5, 0.6) is 11.5 Å². The maximum Gasteiger partial charge on any atom is 0.314 e. The standard InChI is InChI=1S/C12H12BrFO4/c1-18-10-7(15)5-6(13)9(14)8(10)12(11(16)17)3-2-4-12/h5,15H,2-4H2,1H3,(H,16,17). The first-order chi connectivity index (χ1) is 8.44. The molecule has 1 saturated carbocycles. The highest BCUT2D eigenvalue weighted by Gasteiger charge is 2.50. The fraction of sp³-hybridized carbons (Fsp3) is 0.417. The molecule has 1 aliphatic rings. The summed E-state index contributed by atoms with van der Waals surface area (Å²) < 4.78 is 19.2. The van der Waals surface area contributed by atoms with Crippen molar-refractivity contribution in [2.75, 3.05) is 7.11 Å². The van der Waals surface area contributed by atoms with Crippen LogP contribution in [-0.4, -0.2) is 23.3 Å². The van der Waals surface area contributed by atoms with Crippen LogP contribution in [0.4, 0.5) is 4.39 Å². The fourth-order valence-electron chi connectivity index (χ4n) is 2.33. The number of methoxy groups -OCH3 is 1. The van der Waals surface area contributed by atoms with Gasteiger partial charge in [-0.15, -0.1) is 0 Å². The van der Waals surface area contributed by atoms with Crippen LogP contribution in [0, 0.1) is 5.82 Å². The van der Waals surface area contributed by atoms with Gasteiger partial charge in [0.1, 0.15) is 5.82 Å². The summed E-state index contributed by atoms with van der Waals surface area (Å²) in [5.74, 6) is -2.15. The molecule has 2 rings (SSSR count). The summed E-state index contributed by atoms with van der Waals surface area (Å²) in [5.41, 5.74) is -1.37. The molecule has 1 aromatic carbocycles. The third-order valence-corrected chi connectivity index (χ3v) is 4.03. The average molecular weight is 319 g/mol. The Hall–Kier alpha value is -1.30. The number of aromatic hydroxyl groups is 1. The Kier molecular flexibility index (Phi) is 3.23. The van der Waals surface area contributed by atoms with Crippen molar-refractivity contribution in [1.82, 2.24) is 0 Å². The molecule has 0 bridgehead atoms. The second kappa shape index (κ2) is 4.42. The van der Waals surface area contributed by atoms with Gasteiger partial charge in [0.25, 0.3) is 0 Å². The van der Waals surface area contributed by atoms with Gasteiger partial charge in [-0.05, 0) is 28.8 Å². The van der Waals surface area contributed by atoms with E-state index < -0.39 is 17.2 Å². The van der Waals surface area contributed by atoms with Gasteiger partial charge in [0.2, 0.25) is 0 Å². The topological polar surface area (TPSA) is 66.8 Å². The molecular formula is C12H12BrFO4. The number of rotatable bonds is 3. The number of carboxylic acid groups (broad SMARTS) is 1. The Bertz CT molecular complexity index is 511. The lowest BCUT2D eigenvalue weighted by Gasteiger charge is -2.39. The smallest absolute Gasteiger partial charge is 0.314 e. The van der Waals surface area contributed by atoms with Crippen LogP contribution in [0.25, 0.3) is 0 Å². The molecule has 0 heterocycles. The number of phenols is 1. The molecule has 0 saturated heterocycles. The molecule has 0 unspecified atom stereocenters. The Morgan fingerprint density at radius 1 is 1.56 bits per heavy atom. The van der Waals surface area contributed by atoms with Crippen molar-refractivity contribution in [1.29, 1.82) is 0 Å². The summed E-state index contributed by atoms with van der Waals surface area (Å²) in [7, 11) is 1.28. The van der Waals surface area contributed by atoms with Gasteiger partial charge in [-0.25, -0.2) is 4.39 Å².